The van der Waals surface area contributed by atoms with Crippen molar-refractivity contribution in [1.82, 2.24) is 4.90 Å². The van der Waals surface area contributed by atoms with Crippen LogP contribution >= 0.6 is 0 Å². The first-order valence-electron chi connectivity index (χ1n) is 7.59. The summed E-state index contributed by atoms with van der Waals surface area (Å²) in [5, 5.41) is 3.03. The third kappa shape index (κ3) is 3.83. The summed E-state index contributed by atoms with van der Waals surface area (Å²) in [7, 11) is 0. The molecule has 3 heteroatoms. The Morgan fingerprint density at radius 2 is 1.70 bits per heavy atom. The Morgan fingerprint density at radius 1 is 1.15 bits per heavy atom. The molecule has 1 aromatic carbocycles. The summed E-state index contributed by atoms with van der Waals surface area (Å²) in [5.74, 6) is 0.0931. The van der Waals surface area contributed by atoms with Crippen LogP contribution in [-0.2, 0) is 4.79 Å². The molecule has 110 valence electrons. The zero-order chi connectivity index (χ0) is 14.7. The summed E-state index contributed by atoms with van der Waals surface area (Å²) in [5.41, 5.74) is 3.27. The van der Waals surface area contributed by atoms with E-state index in [1.54, 1.807) is 0 Å². The van der Waals surface area contributed by atoms with Gasteiger partial charge in [0.1, 0.15) is 0 Å². The Balaban J connectivity index is 1.98. The molecular formula is C17H26N2O. The molecule has 1 amide bonds. The SMILES string of the molecule is Cc1cc(C)cc(NC(=O)CN2C(C)CCCC2C)c1. The molecule has 1 aliphatic rings. The Hall–Kier alpha value is -1.35. The highest BCUT2D eigenvalue weighted by Gasteiger charge is 2.26. The quantitative estimate of drug-likeness (QED) is 0.915. The van der Waals surface area contributed by atoms with Gasteiger partial charge in [0.05, 0.1) is 6.54 Å². The minimum atomic E-state index is 0.0931. The van der Waals surface area contributed by atoms with Crippen molar-refractivity contribution < 1.29 is 4.79 Å². The molecule has 3 nitrogen and oxygen atoms in total. The van der Waals surface area contributed by atoms with E-state index in [1.165, 1.54) is 30.4 Å². The predicted molar refractivity (Wildman–Crippen MR) is 84.0 cm³/mol. The van der Waals surface area contributed by atoms with Gasteiger partial charge in [0.15, 0.2) is 0 Å². The molecule has 20 heavy (non-hydrogen) atoms. The second kappa shape index (κ2) is 6.40. The number of nitrogens with zero attached hydrogens (tertiary/aromatic N) is 1. The maximum absolute atomic E-state index is 12.2. The van der Waals surface area contributed by atoms with E-state index in [4.69, 9.17) is 0 Å². The van der Waals surface area contributed by atoms with Crippen molar-refractivity contribution in [3.05, 3.63) is 29.3 Å². The highest BCUT2D eigenvalue weighted by atomic mass is 16.2. The largest absolute Gasteiger partial charge is 0.325 e. The van der Waals surface area contributed by atoms with Gasteiger partial charge in [-0.25, -0.2) is 0 Å². The third-order valence-corrected chi connectivity index (χ3v) is 4.21. The van der Waals surface area contributed by atoms with E-state index in [-0.39, 0.29) is 5.91 Å². The molecule has 2 unspecified atom stereocenters. The van der Waals surface area contributed by atoms with Crippen molar-refractivity contribution in [3.8, 4) is 0 Å². The maximum atomic E-state index is 12.2. The molecule has 0 saturated carbocycles. The van der Waals surface area contributed by atoms with Gasteiger partial charge in [0.25, 0.3) is 0 Å². The molecule has 0 aliphatic carbocycles. The number of benzene rings is 1. The number of hydrogen-bond donors (Lipinski definition) is 1. The summed E-state index contributed by atoms with van der Waals surface area (Å²) in [6, 6.07) is 7.17. The van der Waals surface area contributed by atoms with Crippen LogP contribution in [0.15, 0.2) is 18.2 Å². The predicted octanol–water partition coefficient (Wildman–Crippen LogP) is 3.50. The van der Waals surface area contributed by atoms with Gasteiger partial charge in [0.2, 0.25) is 5.91 Å². The lowest BCUT2D eigenvalue weighted by atomic mass is 9.97. The Morgan fingerprint density at radius 3 is 2.25 bits per heavy atom. The van der Waals surface area contributed by atoms with E-state index in [2.05, 4.69) is 44.0 Å². The van der Waals surface area contributed by atoms with Gasteiger partial charge in [-0.2, -0.15) is 0 Å². The van der Waals surface area contributed by atoms with Crippen molar-refractivity contribution in [1.29, 1.82) is 0 Å². The van der Waals surface area contributed by atoms with Gasteiger partial charge in [0, 0.05) is 17.8 Å². The van der Waals surface area contributed by atoms with Crippen molar-refractivity contribution in [2.45, 2.75) is 59.0 Å². The van der Waals surface area contributed by atoms with Crippen LogP contribution in [0.3, 0.4) is 0 Å². The summed E-state index contributed by atoms with van der Waals surface area (Å²) < 4.78 is 0. The topological polar surface area (TPSA) is 32.3 Å². The van der Waals surface area contributed by atoms with Gasteiger partial charge >= 0.3 is 0 Å². The lowest BCUT2D eigenvalue weighted by molar-refractivity contribution is -0.118. The number of carbonyl (C=O) groups excluding carboxylic acids is 1. The number of aryl methyl sites for hydroxylation is 2. The average Bonchev–Trinajstić information content (AvgIpc) is 2.32. The van der Waals surface area contributed by atoms with Crippen LogP contribution in [0.4, 0.5) is 5.69 Å². The minimum Gasteiger partial charge on any atom is -0.325 e. The van der Waals surface area contributed by atoms with Gasteiger partial charge in [-0.15, -0.1) is 0 Å². The molecule has 1 saturated heterocycles. The fourth-order valence-corrected chi connectivity index (χ4v) is 3.20. The first kappa shape index (κ1) is 15.0. The van der Waals surface area contributed by atoms with Crippen molar-refractivity contribution in [2.24, 2.45) is 0 Å². The maximum Gasteiger partial charge on any atom is 0.238 e. The second-order valence-electron chi connectivity index (χ2n) is 6.23. The van der Waals surface area contributed by atoms with Gasteiger partial charge in [-0.1, -0.05) is 12.5 Å². The normalized spacial score (nSPS) is 23.6. The van der Waals surface area contributed by atoms with Crippen molar-refractivity contribution in [2.75, 3.05) is 11.9 Å². The molecule has 0 spiro atoms. The smallest absolute Gasteiger partial charge is 0.238 e. The van der Waals surface area contributed by atoms with Crippen LogP contribution < -0.4 is 5.32 Å². The van der Waals surface area contributed by atoms with Gasteiger partial charge in [-0.05, 0) is 63.8 Å². The molecule has 1 aliphatic heterocycles. The summed E-state index contributed by atoms with van der Waals surface area (Å²) in [6.45, 7) is 9.05. The van der Waals surface area contributed by atoms with E-state index in [0.29, 0.717) is 18.6 Å². The van der Waals surface area contributed by atoms with Crippen molar-refractivity contribution >= 4 is 11.6 Å². The minimum absolute atomic E-state index is 0.0931. The van der Waals surface area contributed by atoms with Crippen LogP contribution in [-0.4, -0.2) is 29.4 Å². The number of piperidine rings is 1. The number of amides is 1. The standard InChI is InChI=1S/C17H26N2O/c1-12-8-13(2)10-16(9-12)18-17(20)11-19-14(3)6-5-7-15(19)4/h8-10,14-15H,5-7,11H2,1-4H3,(H,18,20). The lowest BCUT2D eigenvalue weighted by Gasteiger charge is -2.38. The summed E-state index contributed by atoms with van der Waals surface area (Å²) in [6.07, 6.45) is 3.67. The molecule has 0 bridgehead atoms. The van der Waals surface area contributed by atoms with Crippen LogP contribution in [0, 0.1) is 13.8 Å². The first-order chi connectivity index (χ1) is 9.45. The molecular weight excluding hydrogens is 248 g/mol. The Kier molecular flexibility index (Phi) is 4.81. The number of carbonyl (C=O) groups is 1. The first-order valence-corrected chi connectivity index (χ1v) is 7.59. The molecule has 1 fully saturated rings. The number of hydrogen-bond acceptors (Lipinski definition) is 2. The van der Waals surface area contributed by atoms with E-state index in [9.17, 15) is 4.79 Å². The zero-order valence-electron chi connectivity index (χ0n) is 13.1. The fraction of sp³-hybridized carbons (Fsp3) is 0.588. The Labute approximate surface area is 122 Å². The Bertz CT molecular complexity index is 454. The number of rotatable bonds is 3. The monoisotopic (exact) mass is 274 g/mol. The van der Waals surface area contributed by atoms with Gasteiger partial charge in [-0.3, -0.25) is 9.69 Å². The number of likely N-dealkylation sites (tertiary alicyclic amines) is 1. The highest BCUT2D eigenvalue weighted by molar-refractivity contribution is 5.92. The van der Waals surface area contributed by atoms with E-state index in [1.807, 2.05) is 12.1 Å². The summed E-state index contributed by atoms with van der Waals surface area (Å²) >= 11 is 0. The molecule has 0 radical (unpaired) electrons. The molecule has 1 N–H and O–H groups in total. The highest BCUT2D eigenvalue weighted by Crippen LogP contribution is 2.22. The van der Waals surface area contributed by atoms with Crippen LogP contribution in [0.2, 0.25) is 0 Å². The van der Waals surface area contributed by atoms with Crippen LogP contribution in [0.25, 0.3) is 0 Å². The zero-order valence-corrected chi connectivity index (χ0v) is 13.1. The summed E-state index contributed by atoms with van der Waals surface area (Å²) in [4.78, 5) is 14.6. The second-order valence-corrected chi connectivity index (χ2v) is 6.23. The molecule has 1 aromatic rings. The van der Waals surface area contributed by atoms with Crippen molar-refractivity contribution in [3.63, 3.8) is 0 Å². The third-order valence-electron chi connectivity index (χ3n) is 4.21. The van der Waals surface area contributed by atoms with Crippen LogP contribution in [0.1, 0.15) is 44.2 Å². The molecule has 2 rings (SSSR count). The number of anilines is 1. The van der Waals surface area contributed by atoms with E-state index < -0.39 is 0 Å². The molecule has 0 aromatic heterocycles. The van der Waals surface area contributed by atoms with E-state index in [0.717, 1.165) is 5.69 Å². The average molecular weight is 274 g/mol. The molecule has 2 atom stereocenters. The van der Waals surface area contributed by atoms with E-state index >= 15 is 0 Å². The molecule has 1 heterocycles. The fourth-order valence-electron chi connectivity index (χ4n) is 3.20. The van der Waals surface area contributed by atoms with Gasteiger partial charge < -0.3 is 5.32 Å². The number of nitrogens with one attached hydrogen (secondary N) is 1. The van der Waals surface area contributed by atoms with Crippen LogP contribution in [0.5, 0.6) is 0 Å². The lowest BCUT2D eigenvalue weighted by Crippen LogP contribution is -2.47.